The molecule has 1 aromatic heterocycles. The van der Waals surface area contributed by atoms with Crippen LogP contribution in [0.25, 0.3) is 27.9 Å². The lowest BCUT2D eigenvalue weighted by Gasteiger charge is -2.04. The molecule has 0 radical (unpaired) electrons. The molecule has 1 aliphatic rings. The molecular formula is C28H24N2O3. The molecule has 5 rings (SSSR count). The summed E-state index contributed by atoms with van der Waals surface area (Å²) in [5.41, 5.74) is 7.52. The minimum absolute atomic E-state index is 0.112. The smallest absolute Gasteiger partial charge is 0.331 e. The summed E-state index contributed by atoms with van der Waals surface area (Å²) < 4.78 is 2.28. The van der Waals surface area contributed by atoms with E-state index in [1.54, 1.807) is 0 Å². The first-order valence-corrected chi connectivity index (χ1v) is 11.1. The summed E-state index contributed by atoms with van der Waals surface area (Å²) in [5.74, 6) is -0.333. The predicted molar refractivity (Wildman–Crippen MR) is 132 cm³/mol. The number of fused-ring (bicyclic) bond motifs is 4. The molecule has 0 atom stereocenters. The van der Waals surface area contributed by atoms with Crippen LogP contribution in [-0.2, 0) is 22.6 Å². The van der Waals surface area contributed by atoms with Crippen LogP contribution in [0.15, 0.2) is 71.4 Å². The van der Waals surface area contributed by atoms with Crippen LogP contribution in [0.4, 0.5) is 0 Å². The number of carbonyl (C=O) groups excluding carboxylic acids is 2. The Kier molecular flexibility index (Phi) is 5.17. The van der Waals surface area contributed by atoms with Crippen molar-refractivity contribution >= 4 is 45.3 Å². The third-order valence-corrected chi connectivity index (χ3v) is 6.21. The Hall–Kier alpha value is -3.99. The summed E-state index contributed by atoms with van der Waals surface area (Å²) in [6, 6.07) is 20.3. The third-order valence-electron chi connectivity index (χ3n) is 6.21. The number of aromatic nitrogens is 1. The molecule has 4 aromatic rings. The number of Topliss-reactive ketones (excluding diaryl/α,β-unsaturated/α-hetero) is 1. The van der Waals surface area contributed by atoms with Gasteiger partial charge in [-0.3, -0.25) is 4.79 Å². The number of oxime groups is 1. The minimum atomic E-state index is -0.445. The van der Waals surface area contributed by atoms with E-state index in [1.807, 2.05) is 43.3 Å². The molecule has 0 spiro atoms. The minimum Gasteiger partial charge on any atom is -0.341 e. The van der Waals surface area contributed by atoms with Gasteiger partial charge in [-0.1, -0.05) is 41.6 Å². The second-order valence-corrected chi connectivity index (χ2v) is 8.34. The van der Waals surface area contributed by atoms with E-state index in [0.29, 0.717) is 12.1 Å². The fourth-order valence-corrected chi connectivity index (χ4v) is 4.63. The van der Waals surface area contributed by atoms with Crippen LogP contribution in [-0.4, -0.2) is 22.0 Å². The first kappa shape index (κ1) is 20.9. The number of benzene rings is 3. The van der Waals surface area contributed by atoms with Gasteiger partial charge in [0.25, 0.3) is 0 Å². The molecule has 1 heterocycles. The second-order valence-electron chi connectivity index (χ2n) is 8.34. The van der Waals surface area contributed by atoms with Crippen molar-refractivity contribution in [2.45, 2.75) is 33.7 Å². The Morgan fingerprint density at radius 3 is 2.48 bits per heavy atom. The van der Waals surface area contributed by atoms with E-state index in [1.165, 1.54) is 6.92 Å². The van der Waals surface area contributed by atoms with Gasteiger partial charge in [-0.2, -0.15) is 0 Å². The average Bonchev–Trinajstić information content (AvgIpc) is 3.31. The summed E-state index contributed by atoms with van der Waals surface area (Å²) in [5, 5.41) is 6.15. The van der Waals surface area contributed by atoms with Crippen molar-refractivity contribution in [1.82, 2.24) is 4.57 Å². The Labute approximate surface area is 192 Å². The number of nitrogens with zero attached hydrogens (tertiary/aromatic N) is 2. The topological polar surface area (TPSA) is 60.7 Å². The van der Waals surface area contributed by atoms with Gasteiger partial charge in [0.1, 0.15) is 0 Å². The molecule has 0 saturated heterocycles. The first-order valence-electron chi connectivity index (χ1n) is 11.1. The fraction of sp³-hybridized carbons (Fsp3) is 0.179. The summed E-state index contributed by atoms with van der Waals surface area (Å²) in [7, 11) is 0. The van der Waals surface area contributed by atoms with Gasteiger partial charge in [0.2, 0.25) is 0 Å². The van der Waals surface area contributed by atoms with Crippen LogP contribution >= 0.6 is 0 Å². The van der Waals surface area contributed by atoms with Crippen LogP contribution in [0.1, 0.15) is 47.8 Å². The first-order chi connectivity index (χ1) is 16.0. The average molecular weight is 437 g/mol. The van der Waals surface area contributed by atoms with Crippen molar-refractivity contribution in [3.63, 3.8) is 0 Å². The summed E-state index contributed by atoms with van der Waals surface area (Å²) in [6.45, 7) is 6.12. The van der Waals surface area contributed by atoms with Crippen LogP contribution in [0.2, 0.25) is 0 Å². The van der Waals surface area contributed by atoms with Crippen molar-refractivity contribution in [2.75, 3.05) is 0 Å². The van der Waals surface area contributed by atoms with Gasteiger partial charge in [0.15, 0.2) is 5.78 Å². The highest BCUT2D eigenvalue weighted by molar-refractivity contribution is 6.16. The van der Waals surface area contributed by atoms with Crippen LogP contribution in [0, 0.1) is 0 Å². The van der Waals surface area contributed by atoms with Gasteiger partial charge < -0.3 is 9.40 Å². The largest absolute Gasteiger partial charge is 0.341 e. The van der Waals surface area contributed by atoms with E-state index in [9.17, 15) is 9.59 Å². The summed E-state index contributed by atoms with van der Waals surface area (Å²) in [4.78, 5) is 28.8. The normalized spacial score (nSPS) is 14.9. The zero-order chi connectivity index (χ0) is 23.1. The number of aryl methyl sites for hydroxylation is 1. The number of rotatable bonds is 4. The molecule has 0 amide bonds. The molecule has 164 valence electrons. The van der Waals surface area contributed by atoms with Crippen molar-refractivity contribution < 1.29 is 14.4 Å². The van der Waals surface area contributed by atoms with Gasteiger partial charge >= 0.3 is 5.97 Å². The maximum atomic E-state index is 12.8. The van der Waals surface area contributed by atoms with Gasteiger partial charge in [-0.25, -0.2) is 4.79 Å². The second kappa shape index (κ2) is 8.17. The van der Waals surface area contributed by atoms with Crippen molar-refractivity contribution in [3.05, 3.63) is 88.5 Å². The highest BCUT2D eigenvalue weighted by Crippen LogP contribution is 2.33. The molecule has 5 heteroatoms. The third kappa shape index (κ3) is 3.65. The van der Waals surface area contributed by atoms with E-state index in [-0.39, 0.29) is 5.78 Å². The quantitative estimate of drug-likeness (QED) is 0.173. The summed E-state index contributed by atoms with van der Waals surface area (Å²) >= 11 is 0. The van der Waals surface area contributed by atoms with Gasteiger partial charge in [0, 0.05) is 52.8 Å². The van der Waals surface area contributed by atoms with Gasteiger partial charge in [-0.05, 0) is 60.9 Å². The van der Waals surface area contributed by atoms with Crippen molar-refractivity contribution in [2.24, 2.45) is 5.16 Å². The molecule has 0 saturated carbocycles. The SMILES string of the molecule is CCn1c2ccc(C=C3Cc4ccccc4C3=O)cc2c2cc(C(C)=NOC(C)=O)ccc21. The molecule has 0 fully saturated rings. The Balaban J connectivity index is 1.61. The molecule has 5 nitrogen and oxygen atoms in total. The molecule has 0 aliphatic heterocycles. The lowest BCUT2D eigenvalue weighted by Crippen LogP contribution is -1.99. The van der Waals surface area contributed by atoms with E-state index < -0.39 is 5.97 Å². The lowest BCUT2D eigenvalue weighted by atomic mass is 10.0. The standard InChI is InChI=1S/C28H24N2O3/c1-4-30-26-11-9-19(13-22-15-21-7-5-6-8-23(21)28(22)32)14-24(26)25-16-20(10-12-27(25)30)17(2)29-33-18(3)31/h5-14,16H,4,15H2,1-3H3. The maximum Gasteiger partial charge on any atom is 0.331 e. The van der Waals surface area contributed by atoms with Crippen LogP contribution in [0.5, 0.6) is 0 Å². The molecule has 0 N–H and O–H groups in total. The molecule has 3 aromatic carbocycles. The summed E-state index contributed by atoms with van der Waals surface area (Å²) in [6.07, 6.45) is 2.67. The Morgan fingerprint density at radius 2 is 1.76 bits per heavy atom. The number of allylic oxidation sites excluding steroid dienone is 1. The molecule has 33 heavy (non-hydrogen) atoms. The van der Waals surface area contributed by atoms with Crippen LogP contribution < -0.4 is 0 Å². The highest BCUT2D eigenvalue weighted by Gasteiger charge is 2.24. The zero-order valence-corrected chi connectivity index (χ0v) is 18.9. The number of hydrogen-bond donors (Lipinski definition) is 0. The monoisotopic (exact) mass is 436 g/mol. The van der Waals surface area contributed by atoms with Crippen molar-refractivity contribution in [3.8, 4) is 0 Å². The number of ketones is 1. The molecule has 0 bridgehead atoms. The van der Waals surface area contributed by atoms with Gasteiger partial charge in [0.05, 0.1) is 5.71 Å². The maximum absolute atomic E-state index is 12.8. The number of carbonyl (C=O) groups is 2. The predicted octanol–water partition coefficient (Wildman–Crippen LogP) is 5.92. The zero-order valence-electron chi connectivity index (χ0n) is 18.9. The van der Waals surface area contributed by atoms with E-state index in [0.717, 1.165) is 56.2 Å². The highest BCUT2D eigenvalue weighted by atomic mass is 16.7. The number of hydrogen-bond acceptors (Lipinski definition) is 4. The van der Waals surface area contributed by atoms with Crippen LogP contribution in [0.3, 0.4) is 0 Å². The fourth-order valence-electron chi connectivity index (χ4n) is 4.63. The lowest BCUT2D eigenvalue weighted by molar-refractivity contribution is -0.140. The van der Waals surface area contributed by atoms with E-state index >= 15 is 0 Å². The van der Waals surface area contributed by atoms with Gasteiger partial charge in [-0.15, -0.1) is 0 Å². The molecule has 1 aliphatic carbocycles. The Morgan fingerprint density at radius 1 is 1.03 bits per heavy atom. The van der Waals surface area contributed by atoms with E-state index in [2.05, 4.69) is 47.0 Å². The van der Waals surface area contributed by atoms with E-state index in [4.69, 9.17) is 4.84 Å². The molecular weight excluding hydrogens is 412 g/mol. The molecule has 0 unspecified atom stereocenters. The van der Waals surface area contributed by atoms with Crippen molar-refractivity contribution in [1.29, 1.82) is 0 Å². The Bertz CT molecular complexity index is 1500.